The van der Waals surface area contributed by atoms with Crippen molar-refractivity contribution in [3.63, 3.8) is 0 Å². The van der Waals surface area contributed by atoms with E-state index in [2.05, 4.69) is 59.6 Å². The highest BCUT2D eigenvalue weighted by atomic mass is 35.5. The number of carbonyl (C=O) groups is 4. The molecule has 14 nitrogen and oxygen atoms in total. The highest BCUT2D eigenvalue weighted by Gasteiger charge is 2.39. The maximum Gasteiger partial charge on any atom is 0.407 e. The first-order valence-electron chi connectivity index (χ1n) is 17.5. The molecule has 0 bridgehead atoms. The number of alkyl carbamates (subject to hydrolysis) is 1. The molecule has 2 aliphatic heterocycles. The number of ether oxygens (including phenoxy) is 1. The van der Waals surface area contributed by atoms with Gasteiger partial charge in [-0.2, -0.15) is 0 Å². The topological polar surface area (TPSA) is 186 Å². The van der Waals surface area contributed by atoms with Crippen molar-refractivity contribution in [2.45, 2.75) is 77.5 Å². The summed E-state index contributed by atoms with van der Waals surface area (Å²) in [5.41, 5.74) is 3.31. The minimum absolute atomic E-state index is 0. The summed E-state index contributed by atoms with van der Waals surface area (Å²) in [5.74, 6) is 12.7. The number of aromatic nitrogens is 4. The van der Waals surface area contributed by atoms with Crippen LogP contribution in [-0.4, -0.2) is 91.1 Å². The third kappa shape index (κ3) is 9.39. The van der Waals surface area contributed by atoms with Gasteiger partial charge in [-0.1, -0.05) is 33.6 Å². The average Bonchev–Trinajstić information content (AvgIpc) is 3.97. The van der Waals surface area contributed by atoms with Gasteiger partial charge in [0.25, 0.3) is 0 Å². The van der Waals surface area contributed by atoms with Crippen LogP contribution in [0, 0.1) is 35.5 Å². The van der Waals surface area contributed by atoms with Gasteiger partial charge in [-0.05, 0) is 55.3 Å². The summed E-state index contributed by atoms with van der Waals surface area (Å²) in [5, 5.41) is 18.4. The van der Waals surface area contributed by atoms with Crippen LogP contribution in [0.4, 0.5) is 9.59 Å². The number of thiophene rings is 2. The molecule has 2 aliphatic rings. The summed E-state index contributed by atoms with van der Waals surface area (Å²) in [7, 11) is 1.27. The average molecular weight is 832 g/mol. The van der Waals surface area contributed by atoms with E-state index in [0.29, 0.717) is 30.4 Å². The van der Waals surface area contributed by atoms with Gasteiger partial charge in [0.15, 0.2) is 0 Å². The molecule has 0 radical (unpaired) electrons. The molecule has 4 aromatic rings. The Hall–Kier alpha value is -4.74. The predicted molar refractivity (Wildman–Crippen MR) is 215 cm³/mol. The van der Waals surface area contributed by atoms with Gasteiger partial charge >= 0.3 is 12.2 Å². The number of hydrogen-bond acceptors (Lipinski definition) is 9. The molecule has 2 fully saturated rings. The van der Waals surface area contributed by atoms with Crippen LogP contribution in [0.2, 0.25) is 0 Å². The highest BCUT2D eigenvalue weighted by Crippen LogP contribution is 2.40. The monoisotopic (exact) mass is 830 g/mol. The smallest absolute Gasteiger partial charge is 0.407 e. The Labute approximate surface area is 339 Å². The molecule has 2 saturated heterocycles. The Morgan fingerprint density at radius 3 is 2.00 bits per heavy atom. The second-order valence-corrected chi connectivity index (χ2v) is 15.5. The number of aromatic amines is 2. The summed E-state index contributed by atoms with van der Waals surface area (Å²) in [4.78, 5) is 69.4. The number of rotatable bonds is 9. The molecule has 5 N–H and O–H groups in total. The molecular formula is C37H44Cl2N8O6S2. The number of likely N-dealkylation sites (tertiary alicyclic amines) is 2. The van der Waals surface area contributed by atoms with Gasteiger partial charge in [0.1, 0.15) is 29.4 Å². The van der Waals surface area contributed by atoms with Crippen molar-refractivity contribution >= 4 is 80.9 Å². The van der Waals surface area contributed by atoms with Crippen molar-refractivity contribution in [3.8, 4) is 34.9 Å². The van der Waals surface area contributed by atoms with E-state index in [1.807, 2.05) is 33.1 Å². The van der Waals surface area contributed by atoms with Crippen molar-refractivity contribution in [1.82, 2.24) is 40.4 Å². The molecule has 4 aromatic heterocycles. The van der Waals surface area contributed by atoms with Gasteiger partial charge in [-0.25, -0.2) is 19.6 Å². The van der Waals surface area contributed by atoms with Crippen LogP contribution in [-0.2, 0) is 14.3 Å². The number of halogens is 2. The van der Waals surface area contributed by atoms with Gasteiger partial charge in [-0.15, -0.1) is 47.5 Å². The van der Waals surface area contributed by atoms with E-state index < -0.39 is 24.3 Å². The fourth-order valence-electron chi connectivity index (χ4n) is 6.84. The largest absolute Gasteiger partial charge is 0.465 e. The standard InChI is InChI=1S/C37H42N8O6S2.2ClH/c1-20(2)28(42-36(48)49)34(46)45-15-9-13-27(45)33-39-17-25(41-33)24-19-53-30-22(18-52-31(24)30)10-6-7-11-23-16-38-32(40-23)26-12-8-14-44(26)35(47)29(21(3)4)43-37(50)51-5;;/h16-21,26-29,42H,8-9,12-15H2,1-5H3,(H,38,40)(H,39,41)(H,43,50)(H,48,49);2*1H/t26?,27?,28-,29?;;/m0../s1. The van der Waals surface area contributed by atoms with Gasteiger partial charge in [0.05, 0.1) is 52.2 Å². The molecule has 6 heterocycles. The summed E-state index contributed by atoms with van der Waals surface area (Å²) in [6.45, 7) is 8.52. The number of H-pyrrole nitrogens is 2. The molecule has 55 heavy (non-hydrogen) atoms. The quantitative estimate of drug-likeness (QED) is 0.121. The van der Waals surface area contributed by atoms with Crippen molar-refractivity contribution in [3.05, 3.63) is 46.1 Å². The minimum atomic E-state index is -1.22. The minimum Gasteiger partial charge on any atom is -0.465 e. The summed E-state index contributed by atoms with van der Waals surface area (Å²) in [6, 6.07) is -2.04. The molecule has 3 unspecified atom stereocenters. The Balaban J connectivity index is 0.00000336. The predicted octanol–water partition coefficient (Wildman–Crippen LogP) is 6.32. The third-order valence-electron chi connectivity index (χ3n) is 9.53. The van der Waals surface area contributed by atoms with Gasteiger partial charge in [-0.3, -0.25) is 9.59 Å². The summed E-state index contributed by atoms with van der Waals surface area (Å²) < 4.78 is 6.84. The molecule has 0 aliphatic carbocycles. The van der Waals surface area contributed by atoms with Gasteiger partial charge < -0.3 is 40.2 Å². The lowest BCUT2D eigenvalue weighted by Crippen LogP contribution is -2.51. The second-order valence-electron chi connectivity index (χ2n) is 13.7. The molecule has 6 rings (SSSR count). The van der Waals surface area contributed by atoms with E-state index in [1.54, 1.807) is 44.9 Å². The molecule has 4 atom stereocenters. The van der Waals surface area contributed by atoms with Crippen LogP contribution in [0.15, 0.2) is 23.2 Å². The SMILES string of the molecule is COC(=O)NC(C(=O)N1CCCC1c1ncc(C#CC#Cc2csc3c(-c4cnc(C5CCCN5C(=O)[C@@H](NC(=O)O)C(C)C)[nH]4)csc23)[nH]1)C(C)C.Cl.Cl. The number of methoxy groups -OCH3 is 1. The first kappa shape index (κ1) is 43.0. The lowest BCUT2D eigenvalue weighted by Gasteiger charge is -2.29. The number of nitrogens with zero attached hydrogens (tertiary/aromatic N) is 4. The van der Waals surface area contributed by atoms with Crippen LogP contribution in [0.3, 0.4) is 0 Å². The fourth-order valence-corrected chi connectivity index (χ4v) is 9.13. The molecule has 0 aromatic carbocycles. The van der Waals surface area contributed by atoms with Crippen molar-refractivity contribution in [2.75, 3.05) is 20.2 Å². The molecule has 294 valence electrons. The number of amides is 4. The van der Waals surface area contributed by atoms with E-state index in [0.717, 1.165) is 51.9 Å². The zero-order valence-corrected chi connectivity index (χ0v) is 34.2. The molecule has 0 saturated carbocycles. The Kier molecular flexibility index (Phi) is 14.6. The van der Waals surface area contributed by atoms with E-state index in [4.69, 9.17) is 4.74 Å². The number of fused-ring (bicyclic) bond motifs is 1. The highest BCUT2D eigenvalue weighted by molar-refractivity contribution is 7.27. The second kappa shape index (κ2) is 18.7. The summed E-state index contributed by atoms with van der Waals surface area (Å²) in [6.07, 6.45) is 4.67. The number of carbonyl (C=O) groups excluding carboxylic acids is 3. The molecule has 4 amide bonds. The van der Waals surface area contributed by atoms with Gasteiger partial charge in [0.2, 0.25) is 11.8 Å². The first-order valence-corrected chi connectivity index (χ1v) is 19.3. The van der Waals surface area contributed by atoms with Crippen molar-refractivity contribution < 1.29 is 29.0 Å². The first-order chi connectivity index (χ1) is 25.5. The molecule has 0 spiro atoms. The third-order valence-corrected chi connectivity index (χ3v) is 11.7. The lowest BCUT2D eigenvalue weighted by molar-refractivity contribution is -0.136. The van der Waals surface area contributed by atoms with E-state index in [-0.39, 0.29) is 60.5 Å². The Morgan fingerprint density at radius 1 is 0.836 bits per heavy atom. The van der Waals surface area contributed by atoms with E-state index >= 15 is 0 Å². The zero-order chi connectivity index (χ0) is 37.8. The van der Waals surface area contributed by atoms with Crippen LogP contribution >= 0.6 is 47.5 Å². The van der Waals surface area contributed by atoms with E-state index in [9.17, 15) is 24.3 Å². The molecular weight excluding hydrogens is 787 g/mol. The number of imidazole rings is 2. The zero-order valence-electron chi connectivity index (χ0n) is 30.9. The maximum absolute atomic E-state index is 13.4. The molecule has 18 heteroatoms. The number of hydrogen-bond donors (Lipinski definition) is 5. The van der Waals surface area contributed by atoms with Crippen molar-refractivity contribution in [2.24, 2.45) is 11.8 Å². The van der Waals surface area contributed by atoms with Crippen molar-refractivity contribution in [1.29, 1.82) is 0 Å². The van der Waals surface area contributed by atoms with Crippen LogP contribution in [0.25, 0.3) is 20.7 Å². The van der Waals surface area contributed by atoms with Crippen LogP contribution in [0.1, 0.15) is 88.4 Å². The van der Waals surface area contributed by atoms with Crippen LogP contribution < -0.4 is 10.6 Å². The van der Waals surface area contributed by atoms with E-state index in [1.165, 1.54) is 7.11 Å². The van der Waals surface area contributed by atoms with Gasteiger partial charge in [0, 0.05) is 29.4 Å². The number of carboxylic acid groups (broad SMARTS) is 1. The Bertz CT molecular complexity index is 2140. The lowest BCUT2D eigenvalue weighted by atomic mass is 10.0. The maximum atomic E-state index is 13.4. The number of nitrogens with one attached hydrogen (secondary N) is 4. The normalized spacial score (nSPS) is 17.4. The summed E-state index contributed by atoms with van der Waals surface area (Å²) >= 11 is 3.18. The Morgan fingerprint density at radius 2 is 1.40 bits per heavy atom. The fraction of sp³-hybridized carbons (Fsp3) is 0.459. The van der Waals surface area contributed by atoms with Crippen LogP contribution in [0.5, 0.6) is 0 Å².